The van der Waals surface area contributed by atoms with E-state index in [1.54, 1.807) is 54.5 Å². The van der Waals surface area contributed by atoms with Gasteiger partial charge >= 0.3 is 0 Å². The second-order valence-corrected chi connectivity index (χ2v) is 8.30. The molecule has 0 bridgehead atoms. The summed E-state index contributed by atoms with van der Waals surface area (Å²) < 4.78 is 17.1. The molecular weight excluding hydrogens is 480 g/mol. The molecule has 166 valence electrons. The number of carbonyl (C=O) groups is 2. The van der Waals surface area contributed by atoms with Crippen LogP contribution in [-0.2, 0) is 9.53 Å². The number of methoxy groups -OCH3 is 1. The third kappa shape index (κ3) is 4.13. The predicted octanol–water partition coefficient (Wildman–Crippen LogP) is 3.00. The van der Waals surface area contributed by atoms with Gasteiger partial charge in [0.05, 0.1) is 17.0 Å². The van der Waals surface area contributed by atoms with Crippen LogP contribution in [0, 0.1) is 0 Å². The highest BCUT2D eigenvalue weighted by Gasteiger charge is 2.42. The third-order valence-electron chi connectivity index (χ3n) is 5.25. The number of amides is 2. The van der Waals surface area contributed by atoms with Crippen LogP contribution in [0.25, 0.3) is 11.0 Å². The lowest BCUT2D eigenvalue weighted by molar-refractivity contribution is -0.119. The first-order valence-electron chi connectivity index (χ1n) is 9.98. The highest BCUT2D eigenvalue weighted by molar-refractivity contribution is 9.10. The second-order valence-electron chi connectivity index (χ2n) is 7.39. The topological polar surface area (TPSA) is 112 Å². The Kier molecular flexibility index (Phi) is 6.29. The summed E-state index contributed by atoms with van der Waals surface area (Å²) in [6.07, 6.45) is 0.603. The molecule has 8 nitrogen and oxygen atoms in total. The van der Waals surface area contributed by atoms with E-state index < -0.39 is 11.9 Å². The van der Waals surface area contributed by atoms with Crippen molar-refractivity contribution in [2.75, 3.05) is 26.9 Å². The quantitative estimate of drug-likeness (QED) is 0.475. The minimum absolute atomic E-state index is 0.0568. The lowest BCUT2D eigenvalue weighted by Crippen LogP contribution is -2.31. The molecule has 1 aliphatic rings. The fourth-order valence-corrected chi connectivity index (χ4v) is 4.21. The van der Waals surface area contributed by atoms with E-state index in [1.807, 2.05) is 0 Å². The smallest absolute Gasteiger partial charge is 0.290 e. The Morgan fingerprint density at radius 1 is 1.19 bits per heavy atom. The van der Waals surface area contributed by atoms with Gasteiger partial charge < -0.3 is 24.5 Å². The van der Waals surface area contributed by atoms with Crippen LogP contribution in [-0.4, -0.2) is 43.6 Å². The number of carbonyl (C=O) groups excluding carboxylic acids is 2. The first-order valence-corrected chi connectivity index (χ1v) is 10.8. The molecule has 9 heteroatoms. The number of hydrogen-bond donors (Lipinski definition) is 1. The molecule has 1 unspecified atom stereocenters. The molecule has 0 saturated carbocycles. The van der Waals surface area contributed by atoms with Crippen molar-refractivity contribution in [3.63, 3.8) is 0 Å². The summed E-state index contributed by atoms with van der Waals surface area (Å²) in [5.74, 6) is -0.403. The van der Waals surface area contributed by atoms with Gasteiger partial charge in [-0.05, 0) is 42.3 Å². The second kappa shape index (κ2) is 9.13. The Labute approximate surface area is 192 Å². The van der Waals surface area contributed by atoms with Crippen molar-refractivity contribution in [1.82, 2.24) is 4.90 Å². The molecule has 0 aliphatic carbocycles. The number of ether oxygens (including phenoxy) is 2. The van der Waals surface area contributed by atoms with Gasteiger partial charge in [-0.1, -0.05) is 28.1 Å². The van der Waals surface area contributed by atoms with Crippen molar-refractivity contribution in [2.24, 2.45) is 5.73 Å². The van der Waals surface area contributed by atoms with Gasteiger partial charge in [0.2, 0.25) is 5.76 Å². The molecule has 0 saturated heterocycles. The van der Waals surface area contributed by atoms with Crippen molar-refractivity contribution in [3.8, 4) is 5.75 Å². The maximum absolute atomic E-state index is 13.5. The zero-order valence-corrected chi connectivity index (χ0v) is 18.9. The number of nitrogens with zero attached hydrogens (tertiary/aromatic N) is 1. The summed E-state index contributed by atoms with van der Waals surface area (Å²) in [5, 5.41) is 0.399. The van der Waals surface area contributed by atoms with E-state index in [0.717, 1.165) is 10.0 Å². The van der Waals surface area contributed by atoms with Gasteiger partial charge in [-0.15, -0.1) is 0 Å². The van der Waals surface area contributed by atoms with Crippen molar-refractivity contribution in [2.45, 2.75) is 12.5 Å². The van der Waals surface area contributed by atoms with Gasteiger partial charge in [0.15, 0.2) is 12.0 Å². The number of fused-ring (bicyclic) bond motifs is 2. The molecule has 3 aromatic rings. The van der Waals surface area contributed by atoms with E-state index in [2.05, 4.69) is 15.9 Å². The Morgan fingerprint density at radius 2 is 1.94 bits per heavy atom. The standard InChI is InChI=1S/C23H21BrN2O6/c1-30-10-2-9-26-20(13-3-6-15(7-4-13)31-12-18(25)27)19-21(28)16-11-14(24)5-8-17(16)32-22(19)23(26)29/h3-8,11,20H,2,9-10,12H2,1H3,(H2,25,27). The van der Waals surface area contributed by atoms with Crippen molar-refractivity contribution in [3.05, 3.63) is 74.0 Å². The van der Waals surface area contributed by atoms with E-state index in [0.29, 0.717) is 41.9 Å². The first kappa shape index (κ1) is 22.0. The van der Waals surface area contributed by atoms with Crippen LogP contribution in [0.3, 0.4) is 0 Å². The molecule has 1 aromatic heterocycles. The Balaban J connectivity index is 1.80. The zero-order valence-electron chi connectivity index (χ0n) is 17.3. The summed E-state index contributed by atoms with van der Waals surface area (Å²) in [7, 11) is 1.60. The van der Waals surface area contributed by atoms with E-state index in [4.69, 9.17) is 19.6 Å². The number of benzene rings is 2. The van der Waals surface area contributed by atoms with Crippen LogP contribution in [0.4, 0.5) is 0 Å². The number of nitrogens with two attached hydrogens (primary N) is 1. The third-order valence-corrected chi connectivity index (χ3v) is 5.75. The van der Waals surface area contributed by atoms with E-state index in [1.165, 1.54) is 0 Å². The normalized spacial score (nSPS) is 15.2. The fraction of sp³-hybridized carbons (Fsp3) is 0.261. The van der Waals surface area contributed by atoms with E-state index in [9.17, 15) is 14.4 Å². The lowest BCUT2D eigenvalue weighted by Gasteiger charge is -2.25. The van der Waals surface area contributed by atoms with Crippen LogP contribution < -0.4 is 15.9 Å². The molecule has 0 fully saturated rings. The van der Waals surface area contributed by atoms with Crippen LogP contribution in [0.1, 0.15) is 34.1 Å². The van der Waals surface area contributed by atoms with Gasteiger partial charge in [0, 0.05) is 24.7 Å². The average molecular weight is 501 g/mol. The Morgan fingerprint density at radius 3 is 2.62 bits per heavy atom. The zero-order chi connectivity index (χ0) is 22.8. The monoisotopic (exact) mass is 500 g/mol. The maximum atomic E-state index is 13.5. The van der Waals surface area contributed by atoms with Crippen LogP contribution >= 0.6 is 15.9 Å². The van der Waals surface area contributed by atoms with Crippen LogP contribution in [0.15, 0.2) is 56.1 Å². The molecule has 4 rings (SSSR count). The van der Waals surface area contributed by atoms with E-state index in [-0.39, 0.29) is 23.7 Å². The number of halogens is 1. The van der Waals surface area contributed by atoms with E-state index >= 15 is 0 Å². The van der Waals surface area contributed by atoms with Crippen molar-refractivity contribution < 1.29 is 23.5 Å². The summed E-state index contributed by atoms with van der Waals surface area (Å²) in [6, 6.07) is 11.4. The SMILES string of the molecule is COCCCN1C(=O)c2oc3ccc(Br)cc3c(=O)c2C1c1ccc(OCC(N)=O)cc1. The highest BCUT2D eigenvalue weighted by Crippen LogP contribution is 2.38. The summed E-state index contributed by atoms with van der Waals surface area (Å²) in [5.41, 5.74) is 6.27. The summed E-state index contributed by atoms with van der Waals surface area (Å²) in [4.78, 5) is 39.3. The van der Waals surface area contributed by atoms with Crippen molar-refractivity contribution in [1.29, 1.82) is 0 Å². The molecule has 1 aliphatic heterocycles. The van der Waals surface area contributed by atoms with Crippen LogP contribution in [0.2, 0.25) is 0 Å². The molecule has 0 radical (unpaired) electrons. The average Bonchev–Trinajstić information content (AvgIpc) is 3.05. The molecule has 32 heavy (non-hydrogen) atoms. The molecule has 2 aromatic carbocycles. The molecule has 2 amide bonds. The van der Waals surface area contributed by atoms with Crippen molar-refractivity contribution >= 4 is 38.7 Å². The number of hydrogen-bond acceptors (Lipinski definition) is 6. The first-order chi connectivity index (χ1) is 15.4. The largest absolute Gasteiger partial charge is 0.484 e. The van der Waals surface area contributed by atoms with Gasteiger partial charge in [0.1, 0.15) is 11.3 Å². The minimum atomic E-state index is -0.612. The van der Waals surface area contributed by atoms with Gasteiger partial charge in [0.25, 0.3) is 11.8 Å². The number of primary amides is 1. The van der Waals surface area contributed by atoms with Gasteiger partial charge in [-0.3, -0.25) is 14.4 Å². The summed E-state index contributed by atoms with van der Waals surface area (Å²) >= 11 is 3.39. The Bertz CT molecular complexity index is 1240. The predicted molar refractivity (Wildman–Crippen MR) is 121 cm³/mol. The highest BCUT2D eigenvalue weighted by atomic mass is 79.9. The molecule has 0 spiro atoms. The number of rotatable bonds is 8. The lowest BCUT2D eigenvalue weighted by atomic mass is 9.98. The maximum Gasteiger partial charge on any atom is 0.290 e. The molecular formula is C23H21BrN2O6. The fourth-order valence-electron chi connectivity index (χ4n) is 3.85. The minimum Gasteiger partial charge on any atom is -0.484 e. The summed E-state index contributed by atoms with van der Waals surface area (Å²) in [6.45, 7) is 0.627. The molecule has 1 atom stereocenters. The van der Waals surface area contributed by atoms with Gasteiger partial charge in [-0.25, -0.2) is 0 Å². The molecule has 2 heterocycles. The Hall–Kier alpha value is -3.17. The van der Waals surface area contributed by atoms with Gasteiger partial charge in [-0.2, -0.15) is 0 Å². The van der Waals surface area contributed by atoms with Crippen LogP contribution in [0.5, 0.6) is 5.75 Å². The molecule has 2 N–H and O–H groups in total.